The van der Waals surface area contributed by atoms with E-state index >= 15 is 0 Å². The zero-order chi connectivity index (χ0) is 29.2. The maximum atomic E-state index is 12.5. The van der Waals surface area contributed by atoms with Crippen molar-refractivity contribution in [3.63, 3.8) is 0 Å². The Kier molecular flexibility index (Phi) is 11.2. The van der Waals surface area contributed by atoms with Crippen molar-refractivity contribution in [3.05, 3.63) is 48.1 Å². The number of carbonyl (C=O) groups is 3. The normalized spacial score (nSPS) is 19.8. The lowest BCUT2D eigenvalue weighted by Gasteiger charge is -2.40. The van der Waals surface area contributed by atoms with Crippen LogP contribution in [-0.4, -0.2) is 98.7 Å². The minimum atomic E-state index is -5.08. The van der Waals surface area contributed by atoms with E-state index in [0.29, 0.717) is 24.9 Å². The van der Waals surface area contributed by atoms with Gasteiger partial charge in [-0.15, -0.1) is 0 Å². The number of rotatable bonds is 3. The number of ether oxygens (including phenoxy) is 1. The molecule has 0 radical (unpaired) electrons. The summed E-state index contributed by atoms with van der Waals surface area (Å²) >= 11 is 0. The van der Waals surface area contributed by atoms with Crippen LogP contribution in [0.2, 0.25) is 0 Å². The second-order valence-corrected chi connectivity index (χ2v) is 8.15. The number of carbonyl (C=O) groups excluding carboxylic acids is 1. The molecule has 11 nitrogen and oxygen atoms in total. The van der Waals surface area contributed by atoms with Crippen molar-refractivity contribution >= 4 is 17.8 Å². The van der Waals surface area contributed by atoms with Gasteiger partial charge < -0.3 is 24.4 Å². The van der Waals surface area contributed by atoms with Crippen molar-refractivity contribution < 1.29 is 60.2 Å². The van der Waals surface area contributed by atoms with Crippen molar-refractivity contribution in [1.29, 1.82) is 0 Å². The average Bonchev–Trinajstić information content (AvgIpc) is 3.31. The molecule has 2 fully saturated rings. The number of likely N-dealkylation sites (tertiary alicyclic amines) is 1. The summed E-state index contributed by atoms with van der Waals surface area (Å²) in [5, 5.41) is 17.9. The molecule has 0 saturated carbocycles. The SMILES string of the molecule is O=C(O)C(F)(F)F.O=C(O)C(F)(F)F.O=C(c1ccno1)N1CC[C@@H]2[C@@H](CC1)OCCN2Cc1ccncc1. The lowest BCUT2D eigenvalue weighted by molar-refractivity contribution is -0.193. The molecule has 216 valence electrons. The molecule has 4 rings (SSSR count). The van der Waals surface area contributed by atoms with Crippen LogP contribution in [-0.2, 0) is 20.9 Å². The summed E-state index contributed by atoms with van der Waals surface area (Å²) in [5.41, 5.74) is 1.26. The molecule has 0 aromatic carbocycles. The molecule has 2 aromatic rings. The van der Waals surface area contributed by atoms with Crippen LogP contribution >= 0.6 is 0 Å². The molecule has 39 heavy (non-hydrogen) atoms. The summed E-state index contributed by atoms with van der Waals surface area (Å²) in [7, 11) is 0. The van der Waals surface area contributed by atoms with Crippen LogP contribution in [0.3, 0.4) is 0 Å². The van der Waals surface area contributed by atoms with Gasteiger partial charge in [-0.2, -0.15) is 26.3 Å². The van der Waals surface area contributed by atoms with Gasteiger partial charge >= 0.3 is 24.3 Å². The highest BCUT2D eigenvalue weighted by molar-refractivity contribution is 5.91. The Labute approximate surface area is 216 Å². The number of fused-ring (bicyclic) bond motifs is 1. The predicted octanol–water partition coefficient (Wildman–Crippen LogP) is 2.84. The number of carboxylic acid groups (broad SMARTS) is 2. The van der Waals surface area contributed by atoms with Gasteiger partial charge in [0.2, 0.25) is 5.76 Å². The minimum absolute atomic E-state index is 0.0863. The molecular formula is C22H24F6N4O7. The minimum Gasteiger partial charge on any atom is -0.475 e. The Morgan fingerprint density at radius 2 is 1.46 bits per heavy atom. The van der Waals surface area contributed by atoms with Gasteiger partial charge in [0.05, 0.1) is 18.9 Å². The van der Waals surface area contributed by atoms with Crippen molar-refractivity contribution in [2.45, 2.75) is 43.9 Å². The lowest BCUT2D eigenvalue weighted by atomic mass is 10.0. The van der Waals surface area contributed by atoms with Gasteiger partial charge in [0.25, 0.3) is 5.91 Å². The third kappa shape index (κ3) is 10.2. The molecule has 0 spiro atoms. The first-order chi connectivity index (χ1) is 18.2. The van der Waals surface area contributed by atoms with Gasteiger partial charge in [0.1, 0.15) is 0 Å². The highest BCUT2D eigenvalue weighted by atomic mass is 19.4. The standard InChI is InChI=1S/C18H22N4O3.2C2HF3O2/c23-18(17-3-8-20-25-17)21-9-4-15-16(5-10-21)24-12-11-22(15)13-14-1-6-19-7-2-14;2*3-2(4,5)1(6)7/h1-3,6-8,15-16H,4-5,9-13H2;2*(H,6,7)/t15-,16-;;/m1../s1. The zero-order valence-corrected chi connectivity index (χ0v) is 20.1. The van der Waals surface area contributed by atoms with Crippen LogP contribution in [0.25, 0.3) is 0 Å². The topological polar surface area (TPSA) is 146 Å². The quantitative estimate of drug-likeness (QED) is 0.528. The molecule has 1 amide bonds. The molecule has 17 heteroatoms. The fourth-order valence-corrected chi connectivity index (χ4v) is 3.76. The molecule has 0 bridgehead atoms. The van der Waals surface area contributed by atoms with E-state index in [-0.39, 0.29) is 12.0 Å². The summed E-state index contributed by atoms with van der Waals surface area (Å²) in [6.45, 7) is 3.94. The van der Waals surface area contributed by atoms with Crippen LogP contribution in [0, 0.1) is 0 Å². The van der Waals surface area contributed by atoms with Gasteiger partial charge in [0.15, 0.2) is 0 Å². The molecule has 0 aliphatic carbocycles. The summed E-state index contributed by atoms with van der Waals surface area (Å²) in [5.74, 6) is -5.30. The molecule has 2 N–H and O–H groups in total. The number of pyridine rings is 1. The predicted molar refractivity (Wildman–Crippen MR) is 117 cm³/mol. The Morgan fingerprint density at radius 3 is 1.97 bits per heavy atom. The summed E-state index contributed by atoms with van der Waals surface area (Å²) in [6.07, 6.45) is -3.09. The molecule has 4 heterocycles. The van der Waals surface area contributed by atoms with Crippen LogP contribution in [0.1, 0.15) is 29.0 Å². The van der Waals surface area contributed by atoms with Gasteiger partial charge in [-0.3, -0.25) is 14.7 Å². The summed E-state index contributed by atoms with van der Waals surface area (Å²) in [4.78, 5) is 38.7. The van der Waals surface area contributed by atoms with Crippen molar-refractivity contribution in [3.8, 4) is 0 Å². The number of aromatic nitrogens is 2. The van der Waals surface area contributed by atoms with Crippen molar-refractivity contribution in [2.24, 2.45) is 0 Å². The van der Waals surface area contributed by atoms with Gasteiger partial charge in [-0.1, -0.05) is 5.16 Å². The highest BCUT2D eigenvalue weighted by Gasteiger charge is 2.39. The monoisotopic (exact) mass is 570 g/mol. The number of amides is 1. The fourth-order valence-electron chi connectivity index (χ4n) is 3.76. The van der Waals surface area contributed by atoms with E-state index < -0.39 is 24.3 Å². The van der Waals surface area contributed by atoms with E-state index in [2.05, 4.69) is 27.2 Å². The van der Waals surface area contributed by atoms with E-state index in [1.807, 2.05) is 17.3 Å². The largest absolute Gasteiger partial charge is 0.490 e. The van der Waals surface area contributed by atoms with E-state index in [1.54, 1.807) is 6.07 Å². The molecule has 2 atom stereocenters. The first-order valence-corrected chi connectivity index (χ1v) is 11.2. The Bertz CT molecular complexity index is 1040. The van der Waals surface area contributed by atoms with Crippen LogP contribution < -0.4 is 0 Å². The summed E-state index contributed by atoms with van der Waals surface area (Å²) < 4.78 is 74.5. The van der Waals surface area contributed by atoms with Crippen molar-refractivity contribution in [1.82, 2.24) is 19.9 Å². The van der Waals surface area contributed by atoms with E-state index in [0.717, 1.165) is 32.5 Å². The maximum absolute atomic E-state index is 12.5. The number of hydrogen-bond acceptors (Lipinski definition) is 8. The van der Waals surface area contributed by atoms with E-state index in [1.165, 1.54) is 11.8 Å². The first kappa shape index (κ1) is 31.5. The van der Waals surface area contributed by atoms with Crippen molar-refractivity contribution in [2.75, 3.05) is 26.2 Å². The molecule has 2 aromatic heterocycles. The third-order valence-electron chi connectivity index (χ3n) is 5.54. The number of carboxylic acids is 2. The second kappa shape index (κ2) is 13.9. The fraction of sp³-hybridized carbons (Fsp3) is 0.500. The highest BCUT2D eigenvalue weighted by Crippen LogP contribution is 2.26. The molecule has 2 saturated heterocycles. The third-order valence-corrected chi connectivity index (χ3v) is 5.54. The van der Waals surface area contributed by atoms with Gasteiger partial charge in [0, 0.05) is 50.7 Å². The van der Waals surface area contributed by atoms with E-state index in [4.69, 9.17) is 29.1 Å². The molecule has 0 unspecified atom stereocenters. The van der Waals surface area contributed by atoms with Crippen LogP contribution in [0.5, 0.6) is 0 Å². The Balaban J connectivity index is 0.000000317. The van der Waals surface area contributed by atoms with Gasteiger partial charge in [-0.05, 0) is 30.5 Å². The Morgan fingerprint density at radius 1 is 0.897 bits per heavy atom. The smallest absolute Gasteiger partial charge is 0.475 e. The maximum Gasteiger partial charge on any atom is 0.490 e. The number of halogens is 6. The van der Waals surface area contributed by atoms with Crippen LogP contribution in [0.4, 0.5) is 26.3 Å². The van der Waals surface area contributed by atoms with Crippen LogP contribution in [0.15, 0.2) is 41.3 Å². The average molecular weight is 570 g/mol. The lowest BCUT2D eigenvalue weighted by Crippen LogP contribution is -2.50. The number of aliphatic carboxylic acids is 2. The van der Waals surface area contributed by atoms with Gasteiger partial charge in [-0.25, -0.2) is 9.59 Å². The number of hydrogen-bond donors (Lipinski definition) is 2. The summed E-state index contributed by atoms with van der Waals surface area (Å²) in [6, 6.07) is 6.06. The Hall–Kier alpha value is -3.73. The second-order valence-electron chi connectivity index (χ2n) is 8.15. The van der Waals surface area contributed by atoms with E-state index in [9.17, 15) is 31.1 Å². The number of nitrogens with zero attached hydrogens (tertiary/aromatic N) is 4. The molecule has 2 aliphatic heterocycles. The molecular weight excluding hydrogens is 546 g/mol. The number of morpholine rings is 1. The zero-order valence-electron chi connectivity index (χ0n) is 20.1. The first-order valence-electron chi connectivity index (χ1n) is 11.2. The number of alkyl halides is 6. The molecule has 2 aliphatic rings.